The fraction of sp³-hybridized carbons (Fsp3) is 0.833. The molecule has 2 nitrogen and oxygen atoms in total. The molecule has 10 heavy (non-hydrogen) atoms. The SMILES string of the molecule is Br.C[C@H]1CN=C(N)S[C@@H]1C. The largest absolute Gasteiger partial charge is 0.379 e. The van der Waals surface area contributed by atoms with E-state index in [0.717, 1.165) is 11.7 Å². The molecule has 1 aliphatic rings. The summed E-state index contributed by atoms with van der Waals surface area (Å²) < 4.78 is 0. The lowest BCUT2D eigenvalue weighted by Gasteiger charge is -2.21. The van der Waals surface area contributed by atoms with Crippen molar-refractivity contribution < 1.29 is 0 Å². The van der Waals surface area contributed by atoms with E-state index in [2.05, 4.69) is 18.8 Å². The summed E-state index contributed by atoms with van der Waals surface area (Å²) in [5.74, 6) is 0.683. The van der Waals surface area contributed by atoms with Gasteiger partial charge in [0, 0.05) is 11.8 Å². The Kier molecular flexibility index (Phi) is 4.36. The molecule has 1 heterocycles. The highest BCUT2D eigenvalue weighted by Gasteiger charge is 2.17. The van der Waals surface area contributed by atoms with Crippen LogP contribution in [0.25, 0.3) is 0 Å². The van der Waals surface area contributed by atoms with Crippen molar-refractivity contribution in [3.63, 3.8) is 0 Å². The molecule has 0 saturated heterocycles. The predicted octanol–water partition coefficient (Wildman–Crippen LogP) is 1.65. The summed E-state index contributed by atoms with van der Waals surface area (Å²) in [5, 5.41) is 1.39. The molecule has 0 saturated carbocycles. The van der Waals surface area contributed by atoms with Crippen molar-refractivity contribution in [2.45, 2.75) is 19.1 Å². The molecule has 0 aromatic carbocycles. The van der Waals surface area contributed by atoms with Crippen molar-refractivity contribution in [3.05, 3.63) is 0 Å². The molecule has 0 unspecified atom stereocenters. The highest BCUT2D eigenvalue weighted by molar-refractivity contribution is 8.93. The summed E-state index contributed by atoms with van der Waals surface area (Å²) in [6.07, 6.45) is 0. The van der Waals surface area contributed by atoms with Gasteiger partial charge in [-0.15, -0.1) is 17.0 Å². The van der Waals surface area contributed by atoms with Crippen LogP contribution in [0.3, 0.4) is 0 Å². The maximum absolute atomic E-state index is 5.50. The number of nitrogens with two attached hydrogens (primary N) is 1. The van der Waals surface area contributed by atoms with Gasteiger partial charge in [0.15, 0.2) is 5.17 Å². The molecule has 60 valence electrons. The van der Waals surface area contributed by atoms with Crippen molar-refractivity contribution in [1.29, 1.82) is 0 Å². The van der Waals surface area contributed by atoms with Gasteiger partial charge in [0.05, 0.1) is 0 Å². The Bertz CT molecular complexity index is 138. The van der Waals surface area contributed by atoms with E-state index in [0.29, 0.717) is 11.2 Å². The predicted molar refractivity (Wildman–Crippen MR) is 53.0 cm³/mol. The normalized spacial score (nSPS) is 32.4. The van der Waals surface area contributed by atoms with Gasteiger partial charge < -0.3 is 5.73 Å². The van der Waals surface area contributed by atoms with E-state index in [1.54, 1.807) is 11.8 Å². The zero-order valence-corrected chi connectivity index (χ0v) is 8.73. The van der Waals surface area contributed by atoms with Crippen LogP contribution in [0.2, 0.25) is 0 Å². The zero-order chi connectivity index (χ0) is 6.85. The third-order valence-electron chi connectivity index (χ3n) is 1.64. The molecule has 0 aliphatic carbocycles. The Morgan fingerprint density at radius 3 is 2.60 bits per heavy atom. The van der Waals surface area contributed by atoms with Crippen LogP contribution >= 0.6 is 28.7 Å². The Morgan fingerprint density at radius 1 is 1.60 bits per heavy atom. The first-order chi connectivity index (χ1) is 4.20. The van der Waals surface area contributed by atoms with Gasteiger partial charge >= 0.3 is 0 Å². The van der Waals surface area contributed by atoms with E-state index in [-0.39, 0.29) is 17.0 Å². The molecule has 2 atom stereocenters. The molecule has 0 spiro atoms. The Morgan fingerprint density at radius 2 is 2.20 bits per heavy atom. The monoisotopic (exact) mass is 224 g/mol. The van der Waals surface area contributed by atoms with Crippen LogP contribution < -0.4 is 5.73 Å². The summed E-state index contributed by atoms with van der Waals surface area (Å²) in [6.45, 7) is 5.30. The number of aliphatic imine (C=N–C) groups is 1. The zero-order valence-electron chi connectivity index (χ0n) is 6.20. The molecule has 0 fully saturated rings. The summed E-state index contributed by atoms with van der Waals surface area (Å²) in [5.41, 5.74) is 5.50. The molecule has 1 rings (SSSR count). The number of hydrogen-bond donors (Lipinski definition) is 1. The smallest absolute Gasteiger partial charge is 0.154 e. The summed E-state index contributed by atoms with van der Waals surface area (Å²) in [6, 6.07) is 0. The van der Waals surface area contributed by atoms with E-state index in [1.165, 1.54) is 0 Å². The molecule has 0 aromatic rings. The molecular weight excluding hydrogens is 212 g/mol. The molecule has 4 heteroatoms. The molecule has 0 aromatic heterocycles. The highest BCUT2D eigenvalue weighted by Crippen LogP contribution is 2.23. The Balaban J connectivity index is 0.000000810. The maximum atomic E-state index is 5.50. The van der Waals surface area contributed by atoms with Crippen LogP contribution in [-0.2, 0) is 0 Å². The van der Waals surface area contributed by atoms with Gasteiger partial charge in [-0.25, -0.2) is 0 Å². The minimum atomic E-state index is 0. The van der Waals surface area contributed by atoms with Crippen LogP contribution in [-0.4, -0.2) is 17.0 Å². The van der Waals surface area contributed by atoms with Gasteiger partial charge in [-0.2, -0.15) is 0 Å². The van der Waals surface area contributed by atoms with E-state index >= 15 is 0 Å². The van der Waals surface area contributed by atoms with Gasteiger partial charge in [0.1, 0.15) is 0 Å². The summed E-state index contributed by atoms with van der Waals surface area (Å²) >= 11 is 1.68. The van der Waals surface area contributed by atoms with Crippen LogP contribution in [0, 0.1) is 5.92 Å². The lowest BCUT2D eigenvalue weighted by Crippen LogP contribution is -2.25. The fourth-order valence-electron chi connectivity index (χ4n) is 0.726. The van der Waals surface area contributed by atoms with Crippen molar-refractivity contribution in [1.82, 2.24) is 0 Å². The van der Waals surface area contributed by atoms with Crippen LogP contribution in [0.15, 0.2) is 4.99 Å². The first kappa shape index (κ1) is 10.3. The van der Waals surface area contributed by atoms with Crippen molar-refractivity contribution in [2.75, 3.05) is 6.54 Å². The van der Waals surface area contributed by atoms with Gasteiger partial charge in [0.25, 0.3) is 0 Å². The van der Waals surface area contributed by atoms with Gasteiger partial charge in [0.2, 0.25) is 0 Å². The van der Waals surface area contributed by atoms with Crippen molar-refractivity contribution >= 4 is 33.9 Å². The second-order valence-corrected chi connectivity index (χ2v) is 3.88. The second kappa shape index (κ2) is 4.23. The van der Waals surface area contributed by atoms with Crippen molar-refractivity contribution in [2.24, 2.45) is 16.6 Å². The van der Waals surface area contributed by atoms with E-state index in [1.807, 2.05) is 0 Å². The quantitative estimate of drug-likeness (QED) is 0.680. The number of hydrogen-bond acceptors (Lipinski definition) is 3. The van der Waals surface area contributed by atoms with E-state index in [9.17, 15) is 0 Å². The molecule has 0 amide bonds. The number of halogens is 1. The van der Waals surface area contributed by atoms with Gasteiger partial charge in [-0.05, 0) is 5.92 Å². The number of nitrogens with zero attached hydrogens (tertiary/aromatic N) is 1. The number of rotatable bonds is 0. The standard InChI is InChI=1S/C6H12N2S.BrH/c1-4-3-8-6(7)9-5(4)2;/h4-5H,3H2,1-2H3,(H2,7,8);1H/t4-,5+;/m0./s1. The minimum Gasteiger partial charge on any atom is -0.379 e. The first-order valence-electron chi connectivity index (χ1n) is 3.16. The second-order valence-electron chi connectivity index (χ2n) is 2.48. The third kappa shape index (κ3) is 2.50. The Hall–Kier alpha value is 0.300. The lowest BCUT2D eigenvalue weighted by atomic mass is 10.1. The lowest BCUT2D eigenvalue weighted by molar-refractivity contribution is 0.587. The first-order valence-corrected chi connectivity index (χ1v) is 4.04. The average molecular weight is 225 g/mol. The molecular formula is C6H13BrN2S. The van der Waals surface area contributed by atoms with Crippen LogP contribution in [0.5, 0.6) is 0 Å². The minimum absolute atomic E-state index is 0. The number of thioether (sulfide) groups is 1. The molecule has 1 aliphatic heterocycles. The van der Waals surface area contributed by atoms with Crippen LogP contribution in [0.1, 0.15) is 13.8 Å². The van der Waals surface area contributed by atoms with Crippen molar-refractivity contribution in [3.8, 4) is 0 Å². The number of amidine groups is 1. The van der Waals surface area contributed by atoms with Crippen LogP contribution in [0.4, 0.5) is 0 Å². The Labute approximate surface area is 76.4 Å². The average Bonchev–Trinajstić information content (AvgIpc) is 1.80. The fourth-order valence-corrected chi connectivity index (χ4v) is 1.57. The van der Waals surface area contributed by atoms with Gasteiger partial charge in [-0.1, -0.05) is 25.6 Å². The highest BCUT2D eigenvalue weighted by atomic mass is 79.9. The summed E-state index contributed by atoms with van der Waals surface area (Å²) in [7, 11) is 0. The molecule has 0 radical (unpaired) electrons. The van der Waals surface area contributed by atoms with E-state index in [4.69, 9.17) is 5.73 Å². The van der Waals surface area contributed by atoms with E-state index < -0.39 is 0 Å². The third-order valence-corrected chi connectivity index (χ3v) is 2.85. The molecule has 2 N–H and O–H groups in total. The molecule has 0 bridgehead atoms. The maximum Gasteiger partial charge on any atom is 0.154 e. The summed E-state index contributed by atoms with van der Waals surface area (Å²) in [4.78, 5) is 4.12. The van der Waals surface area contributed by atoms with Gasteiger partial charge in [-0.3, -0.25) is 4.99 Å². The topological polar surface area (TPSA) is 38.4 Å².